The van der Waals surface area contributed by atoms with Crippen LogP contribution >= 0.6 is 11.3 Å². The van der Waals surface area contributed by atoms with Gasteiger partial charge in [-0.2, -0.15) is 0 Å². The van der Waals surface area contributed by atoms with Crippen LogP contribution in [-0.2, 0) is 17.1 Å². The Kier molecular flexibility index (Phi) is 5.94. The van der Waals surface area contributed by atoms with Crippen LogP contribution < -0.4 is 14.2 Å². The van der Waals surface area contributed by atoms with Crippen molar-refractivity contribution < 1.29 is 17.9 Å². The molecule has 0 amide bonds. The zero-order valence-electron chi connectivity index (χ0n) is 18.1. The molecule has 0 aliphatic carbocycles. The molecule has 0 unspecified atom stereocenters. The molecule has 9 heteroatoms. The number of aromatic nitrogens is 2. The first-order chi connectivity index (χ1) is 15.3. The van der Waals surface area contributed by atoms with Gasteiger partial charge in [0.1, 0.15) is 9.90 Å². The fraction of sp³-hybridized carbons (Fsp3) is 0.174. The number of thiazole rings is 1. The van der Waals surface area contributed by atoms with Gasteiger partial charge in [0, 0.05) is 29.8 Å². The van der Waals surface area contributed by atoms with Crippen LogP contribution in [0.15, 0.2) is 64.9 Å². The average Bonchev–Trinajstić information content (AvgIpc) is 3.39. The van der Waals surface area contributed by atoms with Crippen LogP contribution in [0.4, 0.5) is 5.69 Å². The number of nitrogens with zero attached hydrogens (tertiary/aromatic N) is 2. The standard InChI is InChI=1S/C23H23N3O4S2/c1-15-22(32(27,28)25-17-10-11-20(29-3)21(12-17)30-4)13-19(26(15)2)23-24-18(14-31-23)16-8-6-5-7-9-16/h5-14,25H,1-4H3. The SMILES string of the molecule is COc1ccc(NS(=O)(=O)c2cc(-c3nc(-c4ccccc4)cs3)n(C)c2C)cc1OC. The highest BCUT2D eigenvalue weighted by Gasteiger charge is 2.24. The Morgan fingerprint density at radius 2 is 1.72 bits per heavy atom. The first-order valence-corrected chi connectivity index (χ1v) is 12.1. The van der Waals surface area contributed by atoms with Crippen molar-refractivity contribution in [3.8, 4) is 33.5 Å². The van der Waals surface area contributed by atoms with Gasteiger partial charge in [0.25, 0.3) is 10.0 Å². The van der Waals surface area contributed by atoms with Crippen LogP contribution in [-0.4, -0.2) is 32.2 Å². The molecule has 0 fully saturated rings. The van der Waals surface area contributed by atoms with E-state index in [1.54, 1.807) is 31.2 Å². The predicted molar refractivity (Wildman–Crippen MR) is 127 cm³/mol. The maximum Gasteiger partial charge on any atom is 0.263 e. The van der Waals surface area contributed by atoms with Crippen LogP contribution in [0, 0.1) is 6.92 Å². The summed E-state index contributed by atoms with van der Waals surface area (Å²) in [6.45, 7) is 1.78. The molecule has 0 aliphatic rings. The van der Waals surface area contributed by atoms with E-state index in [1.807, 2.05) is 47.3 Å². The molecule has 0 saturated heterocycles. The summed E-state index contributed by atoms with van der Waals surface area (Å²) in [5.41, 5.74) is 3.61. The van der Waals surface area contributed by atoms with E-state index in [0.717, 1.165) is 22.0 Å². The Hall–Kier alpha value is -3.30. The largest absolute Gasteiger partial charge is 0.493 e. The molecule has 0 saturated carbocycles. The Labute approximate surface area is 191 Å². The molecule has 32 heavy (non-hydrogen) atoms. The molecular formula is C23H23N3O4S2. The van der Waals surface area contributed by atoms with Crippen molar-refractivity contribution in [3.63, 3.8) is 0 Å². The monoisotopic (exact) mass is 469 g/mol. The van der Waals surface area contributed by atoms with E-state index in [4.69, 9.17) is 14.5 Å². The first kappa shape index (κ1) is 21.9. The fourth-order valence-electron chi connectivity index (χ4n) is 3.39. The van der Waals surface area contributed by atoms with E-state index < -0.39 is 10.0 Å². The molecule has 2 aromatic carbocycles. The molecule has 0 bridgehead atoms. The van der Waals surface area contributed by atoms with Crippen molar-refractivity contribution >= 4 is 27.0 Å². The first-order valence-electron chi connectivity index (χ1n) is 9.76. The van der Waals surface area contributed by atoms with Crippen LogP contribution in [0.25, 0.3) is 22.0 Å². The lowest BCUT2D eigenvalue weighted by atomic mass is 10.2. The summed E-state index contributed by atoms with van der Waals surface area (Å²) < 4.78 is 41.3. The Morgan fingerprint density at radius 1 is 1.00 bits per heavy atom. The van der Waals surface area contributed by atoms with Gasteiger partial charge in [-0.1, -0.05) is 30.3 Å². The lowest BCUT2D eigenvalue weighted by Gasteiger charge is -2.12. The van der Waals surface area contributed by atoms with Gasteiger partial charge in [0.05, 0.1) is 31.3 Å². The number of rotatable bonds is 7. The zero-order valence-corrected chi connectivity index (χ0v) is 19.8. The molecule has 4 aromatic rings. The minimum absolute atomic E-state index is 0.196. The Bertz CT molecular complexity index is 1360. The summed E-state index contributed by atoms with van der Waals surface area (Å²) in [5.74, 6) is 0.959. The number of hydrogen-bond donors (Lipinski definition) is 1. The van der Waals surface area contributed by atoms with E-state index in [-0.39, 0.29) is 4.90 Å². The van der Waals surface area contributed by atoms with Crippen molar-refractivity contribution in [2.75, 3.05) is 18.9 Å². The van der Waals surface area contributed by atoms with Gasteiger partial charge in [-0.25, -0.2) is 13.4 Å². The molecule has 0 aliphatic heterocycles. The summed E-state index contributed by atoms with van der Waals surface area (Å²) in [6, 6.07) is 16.4. The normalized spacial score (nSPS) is 11.4. The van der Waals surface area contributed by atoms with Crippen LogP contribution in [0.2, 0.25) is 0 Å². The predicted octanol–water partition coefficient (Wildman–Crippen LogP) is 4.94. The number of hydrogen-bond acceptors (Lipinski definition) is 6. The van der Waals surface area contributed by atoms with Crippen molar-refractivity contribution in [1.29, 1.82) is 0 Å². The molecule has 0 radical (unpaired) electrons. The lowest BCUT2D eigenvalue weighted by Crippen LogP contribution is -2.14. The molecule has 1 N–H and O–H groups in total. The summed E-state index contributed by atoms with van der Waals surface area (Å²) in [6.07, 6.45) is 0. The summed E-state index contributed by atoms with van der Waals surface area (Å²) in [7, 11) is 1.03. The minimum atomic E-state index is -3.83. The third-order valence-electron chi connectivity index (χ3n) is 5.21. The number of benzene rings is 2. The quantitative estimate of drug-likeness (QED) is 0.414. The van der Waals surface area contributed by atoms with Crippen molar-refractivity contribution in [1.82, 2.24) is 9.55 Å². The highest BCUT2D eigenvalue weighted by molar-refractivity contribution is 7.92. The van der Waals surface area contributed by atoms with Gasteiger partial charge < -0.3 is 14.0 Å². The van der Waals surface area contributed by atoms with Crippen LogP contribution in [0.5, 0.6) is 11.5 Å². The highest BCUT2D eigenvalue weighted by Crippen LogP contribution is 2.34. The second-order valence-corrected chi connectivity index (χ2v) is 9.63. The highest BCUT2D eigenvalue weighted by atomic mass is 32.2. The van der Waals surface area contributed by atoms with Gasteiger partial charge in [-0.05, 0) is 25.1 Å². The van der Waals surface area contributed by atoms with Crippen molar-refractivity contribution in [3.05, 3.63) is 65.7 Å². The molecule has 2 aromatic heterocycles. The number of sulfonamides is 1. The van der Waals surface area contributed by atoms with E-state index >= 15 is 0 Å². The fourth-order valence-corrected chi connectivity index (χ4v) is 5.61. The van der Waals surface area contributed by atoms with Crippen molar-refractivity contribution in [2.45, 2.75) is 11.8 Å². The minimum Gasteiger partial charge on any atom is -0.493 e. The van der Waals surface area contributed by atoms with Gasteiger partial charge in [0.15, 0.2) is 11.5 Å². The second kappa shape index (κ2) is 8.68. The van der Waals surface area contributed by atoms with E-state index in [2.05, 4.69) is 4.72 Å². The summed E-state index contributed by atoms with van der Waals surface area (Å²) >= 11 is 1.48. The van der Waals surface area contributed by atoms with Gasteiger partial charge in [-0.15, -0.1) is 11.3 Å². The topological polar surface area (TPSA) is 82.5 Å². The van der Waals surface area contributed by atoms with Gasteiger partial charge in [-0.3, -0.25) is 4.72 Å². The smallest absolute Gasteiger partial charge is 0.263 e. The lowest BCUT2D eigenvalue weighted by molar-refractivity contribution is 0.355. The van der Waals surface area contributed by atoms with Crippen LogP contribution in [0.3, 0.4) is 0 Å². The number of ether oxygens (including phenoxy) is 2. The van der Waals surface area contributed by atoms with Crippen molar-refractivity contribution in [2.24, 2.45) is 7.05 Å². The molecule has 4 rings (SSSR count). The number of methoxy groups -OCH3 is 2. The average molecular weight is 470 g/mol. The maximum atomic E-state index is 13.2. The van der Waals surface area contributed by atoms with Crippen LogP contribution in [0.1, 0.15) is 5.69 Å². The zero-order chi connectivity index (χ0) is 22.9. The third-order valence-corrected chi connectivity index (χ3v) is 7.57. The Morgan fingerprint density at radius 3 is 2.41 bits per heavy atom. The summed E-state index contributed by atoms with van der Waals surface area (Å²) in [5, 5.41) is 2.73. The van der Waals surface area contributed by atoms with E-state index in [1.165, 1.54) is 25.6 Å². The molecule has 7 nitrogen and oxygen atoms in total. The van der Waals surface area contributed by atoms with Gasteiger partial charge in [0.2, 0.25) is 0 Å². The molecule has 2 heterocycles. The van der Waals surface area contributed by atoms with Gasteiger partial charge >= 0.3 is 0 Å². The molecule has 0 spiro atoms. The maximum absolute atomic E-state index is 13.2. The molecule has 0 atom stereocenters. The molecular weight excluding hydrogens is 446 g/mol. The van der Waals surface area contributed by atoms with E-state index in [0.29, 0.717) is 22.9 Å². The third kappa shape index (κ3) is 4.09. The summed E-state index contributed by atoms with van der Waals surface area (Å²) in [4.78, 5) is 4.92. The second-order valence-electron chi connectivity index (χ2n) is 7.12. The Balaban J connectivity index is 1.67. The van der Waals surface area contributed by atoms with E-state index in [9.17, 15) is 8.42 Å². The number of anilines is 1. The molecule has 166 valence electrons. The number of nitrogens with one attached hydrogen (secondary N) is 1.